The van der Waals surface area contributed by atoms with Crippen LogP contribution in [0, 0.1) is 0 Å². The first kappa shape index (κ1) is 37.4. The number of ether oxygens (including phenoxy) is 5. The van der Waals surface area contributed by atoms with E-state index in [4.69, 9.17) is 23.7 Å². The fraction of sp³-hybridized carbons (Fsp3) is 0.350. The van der Waals surface area contributed by atoms with Crippen molar-refractivity contribution in [2.24, 2.45) is 0 Å². The van der Waals surface area contributed by atoms with Gasteiger partial charge in [-0.2, -0.15) is 0 Å². The van der Waals surface area contributed by atoms with Gasteiger partial charge in [0.05, 0.1) is 18.3 Å². The van der Waals surface area contributed by atoms with E-state index >= 15 is 0 Å². The SMILES string of the molecule is CC(=O)N[C@@H]1[C@@H](O)[C@@H](O)[C@@H](CO)O[C@@]1(Oc1ccc(C2(c3ccc(O[C@@H]4O[C@H](C)[C@@H](O)[C@H](O)[C@H]4O)cc3)OC(=O)c3ccccc32)cc1)c1ccccc1. The largest absolute Gasteiger partial charge is 0.462 e. The zero-order chi connectivity index (χ0) is 38.4. The number of benzene rings is 4. The summed E-state index contributed by atoms with van der Waals surface area (Å²) < 4.78 is 30.5. The quantitative estimate of drug-likeness (QED) is 0.120. The molecule has 0 aromatic heterocycles. The summed E-state index contributed by atoms with van der Waals surface area (Å²) in [6.07, 6.45) is -10.8. The highest BCUT2D eigenvalue weighted by atomic mass is 16.7. The molecule has 4 aromatic carbocycles. The van der Waals surface area contributed by atoms with Crippen LogP contribution < -0.4 is 14.8 Å². The van der Waals surface area contributed by atoms with Gasteiger partial charge in [-0.3, -0.25) is 4.79 Å². The second-order valence-corrected chi connectivity index (χ2v) is 13.6. The van der Waals surface area contributed by atoms with Crippen LogP contribution in [-0.4, -0.2) is 104 Å². The van der Waals surface area contributed by atoms with Crippen molar-refractivity contribution >= 4 is 11.9 Å². The standard InChI is InChI=1S/C40H41NO13/c1-21-31(44)33(46)35(48)38(50-21)51-26-16-12-23(13-17-26)39(29-11-7-6-10-28(29)37(49)54-39)24-14-18-27(19-15-24)52-40(25-8-4-3-5-9-25)36(41-22(2)43)34(47)32(45)30(20-42)53-40/h3-19,21,30-36,38,42,44-48H,20H2,1-2H3,(H,41,43)/t21-,30-,31-,32+,33+,34+,35-,36-,38+,39?,40+/m1/s1. The Morgan fingerprint density at radius 3 is 1.98 bits per heavy atom. The molecule has 7 N–H and O–H groups in total. The lowest BCUT2D eigenvalue weighted by Crippen LogP contribution is -2.70. The highest BCUT2D eigenvalue weighted by molar-refractivity contribution is 5.96. The number of cyclic esters (lactones) is 1. The second-order valence-electron chi connectivity index (χ2n) is 13.6. The third-order valence-corrected chi connectivity index (χ3v) is 10.1. The highest BCUT2D eigenvalue weighted by Gasteiger charge is 2.58. The molecule has 14 heteroatoms. The molecule has 3 aliphatic rings. The van der Waals surface area contributed by atoms with Gasteiger partial charge in [0.2, 0.25) is 12.2 Å². The normalized spacial score (nSPS) is 33.3. The molecular formula is C40H41NO13. The monoisotopic (exact) mass is 743 g/mol. The van der Waals surface area contributed by atoms with Crippen LogP contribution in [0.1, 0.15) is 46.5 Å². The van der Waals surface area contributed by atoms with Crippen LogP contribution in [0.3, 0.4) is 0 Å². The lowest BCUT2D eigenvalue weighted by atomic mass is 9.80. The molecule has 3 aliphatic heterocycles. The molecule has 11 atom stereocenters. The number of amides is 1. The summed E-state index contributed by atoms with van der Waals surface area (Å²) in [4.78, 5) is 25.8. The summed E-state index contributed by atoms with van der Waals surface area (Å²) in [6.45, 7) is 2.15. The van der Waals surface area contributed by atoms with E-state index in [0.29, 0.717) is 27.8 Å². The topological polar surface area (TPSA) is 214 Å². The van der Waals surface area contributed by atoms with Crippen LogP contribution in [0.4, 0.5) is 0 Å². The first-order chi connectivity index (χ1) is 25.9. The number of hydrogen-bond acceptors (Lipinski definition) is 13. The molecule has 2 saturated heterocycles. The van der Waals surface area contributed by atoms with Crippen LogP contribution in [-0.2, 0) is 30.4 Å². The van der Waals surface area contributed by atoms with Gasteiger partial charge in [0.15, 0.2) is 5.60 Å². The van der Waals surface area contributed by atoms with Crippen LogP contribution in [0.2, 0.25) is 0 Å². The molecule has 2 fully saturated rings. The molecule has 7 rings (SSSR count). The third-order valence-electron chi connectivity index (χ3n) is 10.1. The average molecular weight is 744 g/mol. The molecule has 1 unspecified atom stereocenters. The summed E-state index contributed by atoms with van der Waals surface area (Å²) in [5, 5.41) is 65.5. The number of carbonyl (C=O) groups is 2. The average Bonchev–Trinajstić information content (AvgIpc) is 3.49. The van der Waals surface area contributed by atoms with Gasteiger partial charge in [-0.25, -0.2) is 4.79 Å². The summed E-state index contributed by atoms with van der Waals surface area (Å²) in [5.74, 6) is -2.50. The number of aliphatic hydroxyl groups excluding tert-OH is 6. The maximum absolute atomic E-state index is 13.4. The lowest BCUT2D eigenvalue weighted by Gasteiger charge is -2.50. The Bertz CT molecular complexity index is 1960. The van der Waals surface area contributed by atoms with Crippen molar-refractivity contribution in [1.29, 1.82) is 0 Å². The maximum Gasteiger partial charge on any atom is 0.340 e. The van der Waals surface area contributed by atoms with E-state index in [1.807, 2.05) is 0 Å². The molecule has 3 heterocycles. The zero-order valence-corrected chi connectivity index (χ0v) is 29.3. The molecule has 0 aliphatic carbocycles. The number of rotatable bonds is 9. The Balaban J connectivity index is 1.26. The van der Waals surface area contributed by atoms with E-state index in [2.05, 4.69) is 5.32 Å². The Morgan fingerprint density at radius 1 is 0.741 bits per heavy atom. The second kappa shape index (κ2) is 14.7. The van der Waals surface area contributed by atoms with Crippen LogP contribution >= 0.6 is 0 Å². The summed E-state index contributed by atoms with van der Waals surface area (Å²) in [5.41, 5.74) is 0.942. The van der Waals surface area contributed by atoms with Gasteiger partial charge in [-0.05, 0) is 37.3 Å². The molecule has 284 valence electrons. The van der Waals surface area contributed by atoms with Crippen molar-refractivity contribution in [3.8, 4) is 11.5 Å². The fourth-order valence-corrected chi connectivity index (χ4v) is 7.38. The minimum absolute atomic E-state index is 0.210. The van der Waals surface area contributed by atoms with Crippen molar-refractivity contribution in [3.63, 3.8) is 0 Å². The van der Waals surface area contributed by atoms with E-state index in [9.17, 15) is 40.2 Å². The zero-order valence-electron chi connectivity index (χ0n) is 29.3. The lowest BCUT2D eigenvalue weighted by molar-refractivity contribution is -0.314. The van der Waals surface area contributed by atoms with E-state index < -0.39 is 84.9 Å². The summed E-state index contributed by atoms with van der Waals surface area (Å²) in [6, 6.07) is 27.4. The van der Waals surface area contributed by atoms with Gasteiger partial charge < -0.3 is 59.6 Å². The van der Waals surface area contributed by atoms with Gasteiger partial charge in [-0.1, -0.05) is 72.8 Å². The molecule has 0 bridgehead atoms. The number of nitrogens with one attached hydrogen (secondary N) is 1. The first-order valence-corrected chi connectivity index (χ1v) is 17.5. The van der Waals surface area contributed by atoms with Gasteiger partial charge in [0, 0.05) is 29.2 Å². The maximum atomic E-state index is 13.4. The Hall–Kier alpha value is -4.90. The molecule has 4 aromatic rings. The van der Waals surface area contributed by atoms with Crippen LogP contribution in [0.15, 0.2) is 103 Å². The Kier molecular flexibility index (Phi) is 10.2. The van der Waals surface area contributed by atoms with Crippen molar-refractivity contribution in [3.05, 3.63) is 131 Å². The third kappa shape index (κ3) is 6.40. The summed E-state index contributed by atoms with van der Waals surface area (Å²) >= 11 is 0. The van der Waals surface area contributed by atoms with E-state index in [1.165, 1.54) is 6.92 Å². The number of esters is 1. The van der Waals surface area contributed by atoms with Gasteiger partial charge in [0.25, 0.3) is 5.79 Å². The minimum Gasteiger partial charge on any atom is -0.462 e. The molecule has 0 spiro atoms. The van der Waals surface area contributed by atoms with Crippen LogP contribution in [0.25, 0.3) is 0 Å². The molecule has 54 heavy (non-hydrogen) atoms. The Morgan fingerprint density at radius 2 is 1.35 bits per heavy atom. The highest BCUT2D eigenvalue weighted by Crippen LogP contribution is 2.48. The number of carbonyl (C=O) groups excluding carboxylic acids is 2. The van der Waals surface area contributed by atoms with E-state index in [-0.39, 0.29) is 11.5 Å². The number of aliphatic hydroxyl groups is 6. The predicted octanol–water partition coefficient (Wildman–Crippen LogP) is 1.20. The minimum atomic E-state index is -1.91. The fourth-order valence-electron chi connectivity index (χ4n) is 7.38. The van der Waals surface area contributed by atoms with E-state index in [0.717, 1.165) is 0 Å². The van der Waals surface area contributed by atoms with Crippen molar-refractivity contribution in [1.82, 2.24) is 5.32 Å². The predicted molar refractivity (Wildman–Crippen MR) is 188 cm³/mol. The van der Waals surface area contributed by atoms with Crippen LogP contribution in [0.5, 0.6) is 11.5 Å². The Labute approximate surface area is 310 Å². The van der Waals surface area contributed by atoms with Gasteiger partial charge in [-0.15, -0.1) is 0 Å². The number of hydrogen-bond donors (Lipinski definition) is 7. The molecule has 14 nitrogen and oxygen atoms in total. The summed E-state index contributed by atoms with van der Waals surface area (Å²) in [7, 11) is 0. The van der Waals surface area contributed by atoms with Crippen molar-refractivity contribution in [2.75, 3.05) is 6.61 Å². The van der Waals surface area contributed by atoms with Crippen molar-refractivity contribution in [2.45, 2.75) is 80.3 Å². The van der Waals surface area contributed by atoms with Gasteiger partial charge in [0.1, 0.15) is 54.2 Å². The number of fused-ring (bicyclic) bond motifs is 1. The first-order valence-electron chi connectivity index (χ1n) is 17.5. The molecular weight excluding hydrogens is 702 g/mol. The van der Waals surface area contributed by atoms with Crippen molar-refractivity contribution < 1.29 is 63.9 Å². The van der Waals surface area contributed by atoms with E-state index in [1.54, 1.807) is 110 Å². The molecule has 1 amide bonds. The van der Waals surface area contributed by atoms with Gasteiger partial charge >= 0.3 is 5.97 Å². The molecule has 0 radical (unpaired) electrons. The molecule has 0 saturated carbocycles. The smallest absolute Gasteiger partial charge is 0.340 e.